The first-order valence-corrected chi connectivity index (χ1v) is 9.42. The largest absolute Gasteiger partial charge is 0.495 e. The highest BCUT2D eigenvalue weighted by molar-refractivity contribution is 6.32. The van der Waals surface area contributed by atoms with Crippen LogP contribution >= 0.6 is 23.2 Å². The maximum absolute atomic E-state index is 12.7. The number of nitrogens with one attached hydrogen (secondary N) is 1. The van der Waals surface area contributed by atoms with E-state index in [-0.39, 0.29) is 11.8 Å². The number of piperidine rings is 1. The van der Waals surface area contributed by atoms with Gasteiger partial charge in [-0.3, -0.25) is 9.69 Å². The van der Waals surface area contributed by atoms with E-state index in [9.17, 15) is 4.79 Å². The zero-order valence-corrected chi connectivity index (χ0v) is 16.2. The molecule has 6 heteroatoms. The number of rotatable bonds is 5. The second kappa shape index (κ2) is 8.76. The molecule has 4 nitrogen and oxygen atoms in total. The summed E-state index contributed by atoms with van der Waals surface area (Å²) in [7, 11) is 1.57. The van der Waals surface area contributed by atoms with Crippen molar-refractivity contribution in [3.8, 4) is 5.75 Å². The Hall–Kier alpha value is -1.75. The molecule has 2 aromatic rings. The van der Waals surface area contributed by atoms with Crippen molar-refractivity contribution in [3.63, 3.8) is 0 Å². The van der Waals surface area contributed by atoms with E-state index in [1.165, 1.54) is 5.56 Å². The minimum absolute atomic E-state index is 0.0297. The van der Waals surface area contributed by atoms with E-state index >= 15 is 0 Å². The first-order chi connectivity index (χ1) is 12.5. The lowest BCUT2D eigenvalue weighted by Crippen LogP contribution is -2.40. The third-order valence-corrected chi connectivity index (χ3v) is 5.12. The fraction of sp³-hybridized carbons (Fsp3) is 0.350. The lowest BCUT2D eigenvalue weighted by atomic mass is 9.96. The zero-order valence-electron chi connectivity index (χ0n) is 14.7. The Kier molecular flexibility index (Phi) is 6.41. The van der Waals surface area contributed by atoms with Crippen LogP contribution in [-0.4, -0.2) is 31.0 Å². The van der Waals surface area contributed by atoms with Crippen LogP contribution in [0.5, 0.6) is 5.75 Å². The Morgan fingerprint density at radius 2 is 2.12 bits per heavy atom. The van der Waals surface area contributed by atoms with E-state index in [0.717, 1.165) is 37.5 Å². The smallest absolute Gasteiger partial charge is 0.228 e. The topological polar surface area (TPSA) is 41.6 Å². The quantitative estimate of drug-likeness (QED) is 0.790. The van der Waals surface area contributed by atoms with Crippen molar-refractivity contribution < 1.29 is 9.53 Å². The number of anilines is 1. The molecular formula is C20H22Cl2N2O2. The number of carbonyl (C=O) groups is 1. The monoisotopic (exact) mass is 392 g/mol. The molecule has 2 aromatic carbocycles. The molecular weight excluding hydrogens is 371 g/mol. The maximum Gasteiger partial charge on any atom is 0.228 e. The molecule has 0 radical (unpaired) electrons. The van der Waals surface area contributed by atoms with Gasteiger partial charge in [-0.1, -0.05) is 35.3 Å². The molecule has 138 valence electrons. The van der Waals surface area contributed by atoms with Gasteiger partial charge in [0, 0.05) is 23.8 Å². The number of carbonyl (C=O) groups excluding carboxylic acids is 1. The van der Waals surface area contributed by atoms with Crippen molar-refractivity contribution in [2.45, 2.75) is 19.4 Å². The van der Waals surface area contributed by atoms with Gasteiger partial charge in [0.25, 0.3) is 0 Å². The normalized spacial score (nSPS) is 17.7. The van der Waals surface area contributed by atoms with E-state index < -0.39 is 0 Å². The summed E-state index contributed by atoms with van der Waals surface area (Å²) in [5, 5.41) is 4.19. The van der Waals surface area contributed by atoms with E-state index in [1.807, 2.05) is 18.2 Å². The molecule has 0 aliphatic carbocycles. The standard InChI is InChI=1S/C20H22Cl2N2O2/c1-26-19-8-7-17(11-18(19)22)23-20(25)15-5-3-9-24(13-15)12-14-4-2-6-16(21)10-14/h2,4,6-8,10-11,15H,3,5,9,12-13H2,1H3,(H,23,25). The van der Waals surface area contributed by atoms with Gasteiger partial charge in [0.2, 0.25) is 5.91 Å². The van der Waals surface area contributed by atoms with Crippen molar-refractivity contribution in [1.82, 2.24) is 4.90 Å². The van der Waals surface area contributed by atoms with Gasteiger partial charge in [-0.05, 0) is 55.3 Å². The van der Waals surface area contributed by atoms with Crippen molar-refractivity contribution in [2.24, 2.45) is 5.92 Å². The number of benzene rings is 2. The van der Waals surface area contributed by atoms with Crippen LogP contribution in [0.1, 0.15) is 18.4 Å². The molecule has 1 fully saturated rings. The van der Waals surface area contributed by atoms with Gasteiger partial charge in [-0.15, -0.1) is 0 Å². The summed E-state index contributed by atoms with van der Waals surface area (Å²) in [5.41, 5.74) is 1.85. The number of hydrogen-bond donors (Lipinski definition) is 1. The average Bonchev–Trinajstić information content (AvgIpc) is 2.62. The molecule has 0 bridgehead atoms. The number of halogens is 2. The van der Waals surface area contributed by atoms with Crippen LogP contribution in [-0.2, 0) is 11.3 Å². The van der Waals surface area contributed by atoms with Gasteiger partial charge >= 0.3 is 0 Å². The molecule has 0 aromatic heterocycles. The Morgan fingerprint density at radius 1 is 1.27 bits per heavy atom. The minimum Gasteiger partial charge on any atom is -0.495 e. The molecule has 1 aliphatic heterocycles. The summed E-state index contributed by atoms with van der Waals surface area (Å²) in [6.07, 6.45) is 1.89. The summed E-state index contributed by atoms with van der Waals surface area (Å²) in [6.45, 7) is 2.53. The van der Waals surface area contributed by atoms with Crippen LogP contribution < -0.4 is 10.1 Å². The second-order valence-corrected chi connectivity index (χ2v) is 7.39. The van der Waals surface area contributed by atoms with E-state index in [4.69, 9.17) is 27.9 Å². The first-order valence-electron chi connectivity index (χ1n) is 8.66. The van der Waals surface area contributed by atoms with Crippen LogP contribution in [0, 0.1) is 5.92 Å². The number of nitrogens with zero attached hydrogens (tertiary/aromatic N) is 1. The van der Waals surface area contributed by atoms with Crippen LogP contribution in [0.15, 0.2) is 42.5 Å². The summed E-state index contributed by atoms with van der Waals surface area (Å²) >= 11 is 12.2. The Morgan fingerprint density at radius 3 is 2.85 bits per heavy atom. The van der Waals surface area contributed by atoms with Crippen molar-refractivity contribution >= 4 is 34.8 Å². The van der Waals surface area contributed by atoms with Crippen molar-refractivity contribution in [2.75, 3.05) is 25.5 Å². The summed E-state index contributed by atoms with van der Waals surface area (Å²) < 4.78 is 5.14. The summed E-state index contributed by atoms with van der Waals surface area (Å²) in [6, 6.07) is 13.1. The molecule has 1 N–H and O–H groups in total. The van der Waals surface area contributed by atoms with Crippen LogP contribution in [0.4, 0.5) is 5.69 Å². The predicted octanol–water partition coefficient (Wildman–Crippen LogP) is 4.85. The second-order valence-electron chi connectivity index (χ2n) is 6.54. The van der Waals surface area contributed by atoms with E-state index in [0.29, 0.717) is 16.5 Å². The lowest BCUT2D eigenvalue weighted by Gasteiger charge is -2.32. The third-order valence-electron chi connectivity index (χ3n) is 4.59. The number of ether oxygens (including phenoxy) is 1. The van der Waals surface area contributed by atoms with E-state index in [1.54, 1.807) is 25.3 Å². The molecule has 1 aliphatic rings. The Labute approximate surface area is 164 Å². The number of likely N-dealkylation sites (tertiary alicyclic amines) is 1. The highest BCUT2D eigenvalue weighted by Crippen LogP contribution is 2.28. The predicted molar refractivity (Wildman–Crippen MR) is 106 cm³/mol. The van der Waals surface area contributed by atoms with Crippen LogP contribution in [0.2, 0.25) is 10.0 Å². The number of hydrogen-bond acceptors (Lipinski definition) is 3. The van der Waals surface area contributed by atoms with Gasteiger partial charge in [-0.25, -0.2) is 0 Å². The summed E-state index contributed by atoms with van der Waals surface area (Å²) in [5.74, 6) is 0.584. The Balaban J connectivity index is 1.60. The molecule has 1 atom stereocenters. The van der Waals surface area contributed by atoms with Crippen LogP contribution in [0.3, 0.4) is 0 Å². The maximum atomic E-state index is 12.7. The first kappa shape index (κ1) is 19.0. The fourth-order valence-electron chi connectivity index (χ4n) is 3.30. The molecule has 1 saturated heterocycles. The SMILES string of the molecule is COc1ccc(NC(=O)C2CCCN(Cc3cccc(Cl)c3)C2)cc1Cl. The molecule has 1 heterocycles. The molecule has 0 saturated carbocycles. The molecule has 3 rings (SSSR count). The third kappa shape index (κ3) is 4.91. The molecule has 1 unspecified atom stereocenters. The van der Waals surface area contributed by atoms with E-state index in [2.05, 4.69) is 16.3 Å². The van der Waals surface area contributed by atoms with Gasteiger partial charge in [0.15, 0.2) is 0 Å². The molecule has 26 heavy (non-hydrogen) atoms. The van der Waals surface area contributed by atoms with Gasteiger partial charge < -0.3 is 10.1 Å². The van der Waals surface area contributed by atoms with Gasteiger partial charge in [0.1, 0.15) is 5.75 Å². The number of methoxy groups -OCH3 is 1. The lowest BCUT2D eigenvalue weighted by molar-refractivity contribution is -0.121. The van der Waals surface area contributed by atoms with Gasteiger partial charge in [0.05, 0.1) is 18.1 Å². The van der Waals surface area contributed by atoms with Crippen molar-refractivity contribution in [3.05, 3.63) is 58.1 Å². The van der Waals surface area contributed by atoms with Crippen molar-refractivity contribution in [1.29, 1.82) is 0 Å². The van der Waals surface area contributed by atoms with Crippen LogP contribution in [0.25, 0.3) is 0 Å². The average molecular weight is 393 g/mol. The summed E-state index contributed by atoms with van der Waals surface area (Å²) in [4.78, 5) is 15.0. The molecule has 1 amide bonds. The zero-order chi connectivity index (χ0) is 18.5. The number of amides is 1. The fourth-order valence-corrected chi connectivity index (χ4v) is 3.77. The minimum atomic E-state index is -0.0381. The Bertz CT molecular complexity index is 782. The van der Waals surface area contributed by atoms with Gasteiger partial charge in [-0.2, -0.15) is 0 Å². The highest BCUT2D eigenvalue weighted by atomic mass is 35.5. The molecule has 0 spiro atoms. The highest BCUT2D eigenvalue weighted by Gasteiger charge is 2.26.